The Morgan fingerprint density at radius 2 is 1.74 bits per heavy atom. The summed E-state index contributed by atoms with van der Waals surface area (Å²) in [6.45, 7) is 0. The van der Waals surface area contributed by atoms with E-state index >= 15 is 0 Å². The van der Waals surface area contributed by atoms with Gasteiger partial charge >= 0.3 is 5.97 Å². The lowest BCUT2D eigenvalue weighted by Gasteiger charge is -2.09. The second-order valence-electron chi connectivity index (χ2n) is 5.59. The third-order valence-corrected chi connectivity index (χ3v) is 3.67. The van der Waals surface area contributed by atoms with Gasteiger partial charge in [-0.15, -0.1) is 0 Å². The highest BCUT2D eigenvalue weighted by atomic mass is 19.1. The van der Waals surface area contributed by atoms with E-state index in [0.717, 1.165) is 5.69 Å². The number of halogens is 1. The van der Waals surface area contributed by atoms with E-state index in [1.54, 1.807) is 42.5 Å². The van der Waals surface area contributed by atoms with Crippen LogP contribution in [0.5, 0.6) is 0 Å². The number of aromatic nitrogens is 1. The summed E-state index contributed by atoms with van der Waals surface area (Å²) in [4.78, 5) is 27.8. The molecule has 27 heavy (non-hydrogen) atoms. The number of esters is 1. The second-order valence-corrected chi connectivity index (χ2v) is 5.59. The maximum atomic E-state index is 13.2. The largest absolute Gasteiger partial charge is 0.465 e. The van der Waals surface area contributed by atoms with Crippen molar-refractivity contribution in [2.24, 2.45) is 0 Å². The van der Waals surface area contributed by atoms with Crippen LogP contribution in [0.25, 0.3) is 0 Å². The third kappa shape index (κ3) is 4.66. The average Bonchev–Trinajstić information content (AvgIpc) is 2.68. The molecule has 0 radical (unpaired) electrons. The Bertz CT molecular complexity index is 974. The number of carbonyl (C=O) groups excluding carboxylic acids is 2. The van der Waals surface area contributed by atoms with Gasteiger partial charge in [0.05, 0.1) is 12.7 Å². The molecule has 1 heterocycles. The highest BCUT2D eigenvalue weighted by Crippen LogP contribution is 2.18. The van der Waals surface area contributed by atoms with Crippen LogP contribution in [0.3, 0.4) is 0 Å². The summed E-state index contributed by atoms with van der Waals surface area (Å²) in [6, 6.07) is 15.6. The van der Waals surface area contributed by atoms with Crippen molar-refractivity contribution >= 4 is 28.9 Å². The Balaban J connectivity index is 1.71. The van der Waals surface area contributed by atoms with Gasteiger partial charge in [0.1, 0.15) is 11.5 Å². The zero-order chi connectivity index (χ0) is 19.2. The fourth-order valence-electron chi connectivity index (χ4n) is 2.37. The number of amides is 1. The molecule has 3 rings (SSSR count). The standard InChI is InChI=1S/C20H16FN3O3/c1-27-20(26)13-5-7-15(8-6-13)23-17-9-10-22-18(12-17)19(25)24-16-4-2-3-14(21)11-16/h2-12H,1H3,(H,22,23)(H,24,25). The lowest BCUT2D eigenvalue weighted by Crippen LogP contribution is -2.13. The lowest BCUT2D eigenvalue weighted by molar-refractivity contribution is 0.0600. The molecule has 0 aliphatic rings. The van der Waals surface area contributed by atoms with Crippen LogP contribution in [-0.4, -0.2) is 24.0 Å². The van der Waals surface area contributed by atoms with E-state index in [9.17, 15) is 14.0 Å². The maximum Gasteiger partial charge on any atom is 0.337 e. The molecule has 1 amide bonds. The number of anilines is 3. The Kier molecular flexibility index (Phi) is 5.41. The van der Waals surface area contributed by atoms with Crippen LogP contribution in [0.4, 0.5) is 21.5 Å². The molecule has 0 aliphatic carbocycles. The number of ether oxygens (including phenoxy) is 1. The van der Waals surface area contributed by atoms with Crippen molar-refractivity contribution in [2.45, 2.75) is 0 Å². The van der Waals surface area contributed by atoms with Gasteiger partial charge in [-0.1, -0.05) is 6.07 Å². The Labute approximate surface area is 155 Å². The molecule has 0 saturated heterocycles. The molecular formula is C20H16FN3O3. The molecule has 0 unspecified atom stereocenters. The molecule has 1 aromatic heterocycles. The van der Waals surface area contributed by atoms with Gasteiger partial charge in [0.25, 0.3) is 5.91 Å². The number of nitrogens with zero attached hydrogens (tertiary/aromatic N) is 1. The van der Waals surface area contributed by atoms with Crippen LogP contribution in [-0.2, 0) is 4.74 Å². The number of hydrogen-bond acceptors (Lipinski definition) is 5. The summed E-state index contributed by atoms with van der Waals surface area (Å²) in [5.41, 5.74) is 2.33. The average molecular weight is 365 g/mol. The molecule has 2 N–H and O–H groups in total. The smallest absolute Gasteiger partial charge is 0.337 e. The van der Waals surface area contributed by atoms with E-state index in [1.165, 1.54) is 31.5 Å². The van der Waals surface area contributed by atoms with Crippen LogP contribution in [0.1, 0.15) is 20.8 Å². The molecule has 0 spiro atoms. The zero-order valence-electron chi connectivity index (χ0n) is 14.4. The predicted octanol–water partition coefficient (Wildman–Crippen LogP) is 4.00. The van der Waals surface area contributed by atoms with Crippen LogP contribution in [0, 0.1) is 5.82 Å². The molecule has 136 valence electrons. The van der Waals surface area contributed by atoms with E-state index < -0.39 is 17.7 Å². The van der Waals surface area contributed by atoms with Crippen LogP contribution < -0.4 is 10.6 Å². The number of pyridine rings is 1. The van der Waals surface area contributed by atoms with Crippen molar-refractivity contribution in [3.05, 3.63) is 83.9 Å². The van der Waals surface area contributed by atoms with E-state index in [0.29, 0.717) is 16.9 Å². The molecule has 0 aliphatic heterocycles. The number of nitrogens with one attached hydrogen (secondary N) is 2. The number of hydrogen-bond donors (Lipinski definition) is 2. The molecule has 0 fully saturated rings. The fourth-order valence-corrected chi connectivity index (χ4v) is 2.37. The van der Waals surface area contributed by atoms with E-state index in [4.69, 9.17) is 0 Å². The van der Waals surface area contributed by atoms with Gasteiger partial charge in [0.15, 0.2) is 0 Å². The minimum atomic E-state index is -0.453. The van der Waals surface area contributed by atoms with E-state index in [-0.39, 0.29) is 5.69 Å². The molecule has 2 aromatic carbocycles. The number of carbonyl (C=O) groups is 2. The topological polar surface area (TPSA) is 80.3 Å². The molecule has 0 atom stereocenters. The summed E-state index contributed by atoms with van der Waals surface area (Å²) in [6.07, 6.45) is 1.49. The second kappa shape index (κ2) is 8.09. The number of methoxy groups -OCH3 is 1. The van der Waals surface area contributed by atoms with E-state index in [2.05, 4.69) is 20.4 Å². The summed E-state index contributed by atoms with van der Waals surface area (Å²) in [7, 11) is 1.32. The van der Waals surface area contributed by atoms with Crippen LogP contribution in [0.2, 0.25) is 0 Å². The zero-order valence-corrected chi connectivity index (χ0v) is 14.4. The highest BCUT2D eigenvalue weighted by molar-refractivity contribution is 6.03. The molecule has 0 saturated carbocycles. The van der Waals surface area contributed by atoms with Crippen molar-refractivity contribution in [3.8, 4) is 0 Å². The van der Waals surface area contributed by atoms with Crippen molar-refractivity contribution in [3.63, 3.8) is 0 Å². The van der Waals surface area contributed by atoms with Gasteiger partial charge in [-0.2, -0.15) is 0 Å². The van der Waals surface area contributed by atoms with Crippen LogP contribution >= 0.6 is 0 Å². The predicted molar refractivity (Wildman–Crippen MR) is 99.7 cm³/mol. The molecule has 7 heteroatoms. The monoisotopic (exact) mass is 365 g/mol. The molecular weight excluding hydrogens is 349 g/mol. The Hall–Kier alpha value is -3.74. The van der Waals surface area contributed by atoms with Crippen molar-refractivity contribution in [1.82, 2.24) is 4.98 Å². The molecule has 6 nitrogen and oxygen atoms in total. The highest BCUT2D eigenvalue weighted by Gasteiger charge is 2.10. The van der Waals surface area contributed by atoms with Crippen molar-refractivity contribution < 1.29 is 18.7 Å². The minimum absolute atomic E-state index is 0.176. The fraction of sp³-hybridized carbons (Fsp3) is 0.0500. The van der Waals surface area contributed by atoms with Gasteiger partial charge in [0.2, 0.25) is 0 Å². The minimum Gasteiger partial charge on any atom is -0.465 e. The first-order valence-electron chi connectivity index (χ1n) is 8.03. The van der Waals surface area contributed by atoms with E-state index in [1.807, 2.05) is 0 Å². The summed E-state index contributed by atoms with van der Waals surface area (Å²) < 4.78 is 17.9. The van der Waals surface area contributed by atoms with Gasteiger partial charge in [-0.05, 0) is 54.6 Å². The first-order valence-corrected chi connectivity index (χ1v) is 8.03. The normalized spacial score (nSPS) is 10.1. The lowest BCUT2D eigenvalue weighted by atomic mass is 10.2. The summed E-state index contributed by atoms with van der Waals surface area (Å²) >= 11 is 0. The third-order valence-electron chi connectivity index (χ3n) is 3.67. The first-order chi connectivity index (χ1) is 13.0. The Morgan fingerprint density at radius 1 is 0.963 bits per heavy atom. The number of rotatable bonds is 5. The quantitative estimate of drug-likeness (QED) is 0.668. The SMILES string of the molecule is COC(=O)c1ccc(Nc2ccnc(C(=O)Nc3cccc(F)c3)c2)cc1. The Morgan fingerprint density at radius 3 is 2.44 bits per heavy atom. The van der Waals surface area contributed by atoms with Gasteiger partial charge < -0.3 is 15.4 Å². The number of benzene rings is 2. The molecule has 3 aromatic rings. The summed E-state index contributed by atoms with van der Waals surface area (Å²) in [5.74, 6) is -1.31. The first kappa shape index (κ1) is 18.1. The summed E-state index contributed by atoms with van der Waals surface area (Å²) in [5, 5.41) is 5.72. The van der Waals surface area contributed by atoms with Crippen molar-refractivity contribution in [2.75, 3.05) is 17.7 Å². The van der Waals surface area contributed by atoms with Gasteiger partial charge in [-0.25, -0.2) is 9.18 Å². The van der Waals surface area contributed by atoms with Crippen molar-refractivity contribution in [1.29, 1.82) is 0 Å². The van der Waals surface area contributed by atoms with Crippen LogP contribution in [0.15, 0.2) is 66.9 Å². The van der Waals surface area contributed by atoms with Gasteiger partial charge in [0, 0.05) is 23.3 Å². The maximum absolute atomic E-state index is 13.2. The van der Waals surface area contributed by atoms with Gasteiger partial charge in [-0.3, -0.25) is 9.78 Å². The molecule has 0 bridgehead atoms.